The lowest BCUT2D eigenvalue weighted by molar-refractivity contribution is 0.102. The molecule has 122 valence electrons. The van der Waals surface area contributed by atoms with Crippen LogP contribution in [0.25, 0.3) is 16.9 Å². The number of nitrogens with zero attached hydrogens (tertiary/aromatic N) is 3. The van der Waals surface area contributed by atoms with Gasteiger partial charge in [0, 0.05) is 0 Å². The maximum absolute atomic E-state index is 12.3. The van der Waals surface area contributed by atoms with Crippen molar-refractivity contribution in [3.63, 3.8) is 0 Å². The molecule has 0 unspecified atom stereocenters. The van der Waals surface area contributed by atoms with Crippen molar-refractivity contribution < 1.29 is 4.79 Å². The molecule has 6 heteroatoms. The molecule has 25 heavy (non-hydrogen) atoms. The Hall–Kier alpha value is -3.18. The zero-order valence-corrected chi connectivity index (χ0v) is 13.8. The Morgan fingerprint density at radius 2 is 1.76 bits per heavy atom. The predicted octanol–water partition coefficient (Wildman–Crippen LogP) is 4.33. The molecule has 0 bridgehead atoms. The van der Waals surface area contributed by atoms with E-state index < -0.39 is 0 Å². The van der Waals surface area contributed by atoms with Gasteiger partial charge in [0.05, 0.1) is 33.5 Å². The molecule has 2 heterocycles. The zero-order chi connectivity index (χ0) is 17.2. The first-order valence-corrected chi connectivity index (χ1v) is 8.04. The average molecular weight is 349 g/mol. The molecule has 0 aliphatic rings. The van der Waals surface area contributed by atoms with Gasteiger partial charge in [0.1, 0.15) is 12.1 Å². The minimum absolute atomic E-state index is 0.270. The highest BCUT2D eigenvalue weighted by molar-refractivity contribution is 6.34. The zero-order valence-electron chi connectivity index (χ0n) is 13.1. The smallest absolute Gasteiger partial charge is 0.257 e. The van der Waals surface area contributed by atoms with Crippen LogP contribution >= 0.6 is 11.6 Å². The van der Waals surface area contributed by atoms with E-state index in [4.69, 9.17) is 11.6 Å². The fraction of sp³-hybridized carbons (Fsp3) is 0. The average Bonchev–Trinajstić information content (AvgIpc) is 3.07. The molecule has 0 fully saturated rings. The van der Waals surface area contributed by atoms with Crippen molar-refractivity contribution in [2.24, 2.45) is 0 Å². The van der Waals surface area contributed by atoms with Gasteiger partial charge in [-0.1, -0.05) is 35.9 Å². The number of halogens is 1. The van der Waals surface area contributed by atoms with E-state index in [2.05, 4.69) is 15.3 Å². The minimum Gasteiger partial charge on any atom is -0.321 e. The standard InChI is InChI=1S/C19H13ClN4O/c20-15-6-2-1-5-14(15)19(25)23-13-9-10-18(21-11-13)24-12-22-16-7-3-4-8-17(16)24/h1-12H,(H,23,25). The maximum atomic E-state index is 12.3. The van der Waals surface area contributed by atoms with Crippen LogP contribution in [0.4, 0.5) is 5.69 Å². The van der Waals surface area contributed by atoms with Crippen LogP contribution in [0.1, 0.15) is 10.4 Å². The van der Waals surface area contributed by atoms with Crippen molar-refractivity contribution in [1.29, 1.82) is 0 Å². The lowest BCUT2D eigenvalue weighted by atomic mass is 10.2. The third kappa shape index (κ3) is 2.97. The topological polar surface area (TPSA) is 59.8 Å². The summed E-state index contributed by atoms with van der Waals surface area (Å²) in [5.74, 6) is 0.456. The lowest BCUT2D eigenvalue weighted by Crippen LogP contribution is -2.12. The van der Waals surface area contributed by atoms with Crippen LogP contribution in [-0.2, 0) is 0 Å². The number of nitrogens with one attached hydrogen (secondary N) is 1. The third-order valence-corrected chi connectivity index (χ3v) is 4.15. The van der Waals surface area contributed by atoms with Crippen molar-refractivity contribution in [2.45, 2.75) is 0 Å². The fourth-order valence-electron chi connectivity index (χ4n) is 2.59. The summed E-state index contributed by atoms with van der Waals surface area (Å²) < 4.78 is 1.90. The molecule has 0 aliphatic heterocycles. The van der Waals surface area contributed by atoms with E-state index in [0.717, 1.165) is 16.9 Å². The fourth-order valence-corrected chi connectivity index (χ4v) is 2.81. The van der Waals surface area contributed by atoms with E-state index in [1.807, 2.05) is 34.9 Å². The molecule has 0 saturated carbocycles. The number of aromatic nitrogens is 3. The number of carbonyl (C=O) groups excluding carboxylic acids is 1. The van der Waals surface area contributed by atoms with E-state index in [9.17, 15) is 4.79 Å². The largest absolute Gasteiger partial charge is 0.321 e. The normalized spacial score (nSPS) is 10.8. The van der Waals surface area contributed by atoms with Gasteiger partial charge in [-0.15, -0.1) is 0 Å². The molecule has 0 aliphatic carbocycles. The summed E-state index contributed by atoms with van der Waals surface area (Å²) in [6, 6.07) is 18.4. The maximum Gasteiger partial charge on any atom is 0.257 e. The molecule has 0 spiro atoms. The molecule has 5 nitrogen and oxygen atoms in total. The Morgan fingerprint density at radius 3 is 2.56 bits per heavy atom. The minimum atomic E-state index is -0.270. The number of imidazole rings is 1. The molecule has 0 atom stereocenters. The van der Waals surface area contributed by atoms with Crippen LogP contribution in [0.2, 0.25) is 5.02 Å². The Kier molecular flexibility index (Phi) is 3.91. The van der Waals surface area contributed by atoms with Crippen LogP contribution in [0, 0.1) is 0 Å². The highest BCUT2D eigenvalue weighted by atomic mass is 35.5. The van der Waals surface area contributed by atoms with Crippen LogP contribution in [0.3, 0.4) is 0 Å². The molecule has 2 aromatic carbocycles. The Bertz CT molecular complexity index is 1060. The molecule has 4 rings (SSSR count). The van der Waals surface area contributed by atoms with E-state index in [0.29, 0.717) is 16.3 Å². The van der Waals surface area contributed by atoms with Gasteiger partial charge in [0.2, 0.25) is 0 Å². The Labute approximate surface area is 148 Å². The van der Waals surface area contributed by atoms with Gasteiger partial charge < -0.3 is 5.32 Å². The molecular weight excluding hydrogens is 336 g/mol. The SMILES string of the molecule is O=C(Nc1ccc(-n2cnc3ccccc32)nc1)c1ccccc1Cl. The summed E-state index contributed by atoms with van der Waals surface area (Å²) in [5, 5.41) is 3.21. The number of fused-ring (bicyclic) bond motifs is 1. The highest BCUT2D eigenvalue weighted by Gasteiger charge is 2.10. The van der Waals surface area contributed by atoms with Gasteiger partial charge in [-0.2, -0.15) is 0 Å². The van der Waals surface area contributed by atoms with Gasteiger partial charge >= 0.3 is 0 Å². The summed E-state index contributed by atoms with van der Waals surface area (Å²) >= 11 is 6.05. The number of para-hydroxylation sites is 2. The summed E-state index contributed by atoms with van der Waals surface area (Å²) in [4.78, 5) is 21.1. The van der Waals surface area contributed by atoms with Gasteiger partial charge in [-0.25, -0.2) is 9.97 Å². The van der Waals surface area contributed by atoms with Gasteiger partial charge in [-0.05, 0) is 36.4 Å². The Morgan fingerprint density at radius 1 is 0.960 bits per heavy atom. The second-order valence-electron chi connectivity index (χ2n) is 5.44. The van der Waals surface area contributed by atoms with Crippen molar-refractivity contribution in [3.05, 3.63) is 83.8 Å². The van der Waals surface area contributed by atoms with Crippen LogP contribution < -0.4 is 5.32 Å². The van der Waals surface area contributed by atoms with Gasteiger partial charge in [0.15, 0.2) is 0 Å². The van der Waals surface area contributed by atoms with E-state index in [1.165, 1.54) is 0 Å². The monoisotopic (exact) mass is 348 g/mol. The van der Waals surface area contributed by atoms with Crippen LogP contribution in [0.5, 0.6) is 0 Å². The van der Waals surface area contributed by atoms with Gasteiger partial charge in [-0.3, -0.25) is 9.36 Å². The number of carbonyl (C=O) groups is 1. The summed E-state index contributed by atoms with van der Waals surface area (Å²) in [6.07, 6.45) is 3.34. The van der Waals surface area contributed by atoms with Crippen LogP contribution in [-0.4, -0.2) is 20.4 Å². The molecule has 1 amide bonds. The third-order valence-electron chi connectivity index (χ3n) is 3.82. The molecule has 2 aromatic heterocycles. The first kappa shape index (κ1) is 15.4. The molecule has 4 aromatic rings. The second-order valence-corrected chi connectivity index (χ2v) is 5.85. The van der Waals surface area contributed by atoms with E-state index >= 15 is 0 Å². The number of pyridine rings is 1. The molecular formula is C19H13ClN4O. The van der Waals surface area contributed by atoms with Crippen molar-refractivity contribution >= 4 is 34.2 Å². The predicted molar refractivity (Wildman–Crippen MR) is 98.3 cm³/mol. The Balaban J connectivity index is 1.58. The lowest BCUT2D eigenvalue weighted by Gasteiger charge is -2.08. The summed E-state index contributed by atoms with van der Waals surface area (Å²) in [7, 11) is 0. The highest BCUT2D eigenvalue weighted by Crippen LogP contribution is 2.19. The molecule has 1 N–H and O–H groups in total. The van der Waals surface area contributed by atoms with Gasteiger partial charge in [0.25, 0.3) is 5.91 Å². The van der Waals surface area contributed by atoms with Crippen LogP contribution in [0.15, 0.2) is 73.2 Å². The number of anilines is 1. The number of hydrogen-bond donors (Lipinski definition) is 1. The number of rotatable bonds is 3. The first-order chi connectivity index (χ1) is 12.2. The summed E-state index contributed by atoms with van der Waals surface area (Å²) in [5.41, 5.74) is 2.90. The van der Waals surface area contributed by atoms with Crippen molar-refractivity contribution in [3.8, 4) is 5.82 Å². The first-order valence-electron chi connectivity index (χ1n) is 7.67. The number of hydrogen-bond acceptors (Lipinski definition) is 3. The molecule has 0 radical (unpaired) electrons. The number of benzene rings is 2. The second kappa shape index (κ2) is 6.37. The van der Waals surface area contributed by atoms with Crippen molar-refractivity contribution in [1.82, 2.24) is 14.5 Å². The van der Waals surface area contributed by atoms with E-state index in [-0.39, 0.29) is 5.91 Å². The van der Waals surface area contributed by atoms with Crippen molar-refractivity contribution in [2.75, 3.05) is 5.32 Å². The number of amides is 1. The van der Waals surface area contributed by atoms with E-state index in [1.54, 1.807) is 42.9 Å². The molecule has 0 saturated heterocycles. The summed E-state index contributed by atoms with van der Waals surface area (Å²) in [6.45, 7) is 0. The quantitative estimate of drug-likeness (QED) is 0.599.